The Labute approximate surface area is 116 Å². The van der Waals surface area contributed by atoms with Crippen LogP contribution in [0.4, 0.5) is 5.69 Å². The Morgan fingerprint density at radius 3 is 2.60 bits per heavy atom. The minimum absolute atomic E-state index is 0.154. The smallest absolute Gasteiger partial charge is 0.258 e. The summed E-state index contributed by atoms with van der Waals surface area (Å²) in [6.07, 6.45) is 2.17. The summed E-state index contributed by atoms with van der Waals surface area (Å²) in [5.41, 5.74) is 1.51. The van der Waals surface area contributed by atoms with Gasteiger partial charge in [-0.3, -0.25) is 14.6 Å². The zero-order valence-corrected chi connectivity index (χ0v) is 11.4. The molecule has 1 unspecified atom stereocenters. The lowest BCUT2D eigenvalue weighted by atomic mass is 10.1. The molecule has 0 N–H and O–H groups in total. The van der Waals surface area contributed by atoms with Crippen LogP contribution in [0, 0.1) is 5.92 Å². The van der Waals surface area contributed by atoms with E-state index in [0.29, 0.717) is 12.1 Å². The van der Waals surface area contributed by atoms with Crippen LogP contribution in [0.5, 0.6) is 0 Å². The van der Waals surface area contributed by atoms with E-state index in [1.54, 1.807) is 19.3 Å². The molecule has 1 aromatic heterocycles. The largest absolute Gasteiger partial charge is 0.272 e. The normalized spacial score (nSPS) is 19.2. The van der Waals surface area contributed by atoms with Crippen molar-refractivity contribution in [1.29, 1.82) is 0 Å². The van der Waals surface area contributed by atoms with Crippen molar-refractivity contribution in [1.82, 2.24) is 9.99 Å². The third-order valence-electron chi connectivity index (χ3n) is 3.69. The number of hydrazine groups is 1. The van der Waals surface area contributed by atoms with Gasteiger partial charge in [-0.1, -0.05) is 25.1 Å². The molecule has 5 heteroatoms. The molecule has 1 fully saturated rings. The van der Waals surface area contributed by atoms with Gasteiger partial charge in [-0.2, -0.15) is 0 Å². The lowest BCUT2D eigenvalue weighted by molar-refractivity contribution is -0.131. The molecule has 1 aromatic carbocycles. The molecule has 1 aliphatic heterocycles. The van der Waals surface area contributed by atoms with Crippen LogP contribution in [0.1, 0.15) is 13.3 Å². The molecule has 2 amide bonds. The second kappa shape index (κ2) is 4.59. The zero-order valence-electron chi connectivity index (χ0n) is 11.4. The van der Waals surface area contributed by atoms with Gasteiger partial charge in [0.1, 0.15) is 5.92 Å². The van der Waals surface area contributed by atoms with E-state index in [0.717, 1.165) is 10.9 Å². The lowest BCUT2D eigenvalue weighted by Crippen LogP contribution is -2.38. The van der Waals surface area contributed by atoms with Crippen molar-refractivity contribution >= 4 is 28.4 Å². The molecule has 2 heterocycles. The van der Waals surface area contributed by atoms with Gasteiger partial charge in [0.15, 0.2) is 0 Å². The van der Waals surface area contributed by atoms with Gasteiger partial charge < -0.3 is 0 Å². The number of para-hydroxylation sites is 1. The van der Waals surface area contributed by atoms with E-state index < -0.39 is 5.92 Å². The van der Waals surface area contributed by atoms with Gasteiger partial charge in [0.2, 0.25) is 0 Å². The molecule has 5 nitrogen and oxygen atoms in total. The van der Waals surface area contributed by atoms with Crippen molar-refractivity contribution in [3.05, 3.63) is 36.5 Å². The lowest BCUT2D eigenvalue weighted by Gasteiger charge is -2.24. The van der Waals surface area contributed by atoms with Crippen LogP contribution >= 0.6 is 0 Å². The Kier molecular flexibility index (Phi) is 2.89. The van der Waals surface area contributed by atoms with E-state index in [9.17, 15) is 9.59 Å². The summed E-state index contributed by atoms with van der Waals surface area (Å²) in [6, 6.07) is 9.35. The second-order valence-corrected chi connectivity index (χ2v) is 4.82. The Bertz CT molecular complexity index is 693. The Hall–Kier alpha value is -2.43. The van der Waals surface area contributed by atoms with Crippen molar-refractivity contribution in [2.24, 2.45) is 5.92 Å². The van der Waals surface area contributed by atoms with Crippen LogP contribution in [0.15, 0.2) is 36.5 Å². The van der Waals surface area contributed by atoms with Crippen LogP contribution in [0.25, 0.3) is 10.9 Å². The standard InChI is InChI=1S/C15H15N3O2/c1-3-10-14(19)17(2)18(15(10)20)13-8-9-16-12-7-5-4-6-11(12)13/h4-10H,3H2,1-2H3. The fourth-order valence-corrected chi connectivity index (χ4v) is 2.62. The number of pyridine rings is 1. The van der Waals surface area contributed by atoms with Gasteiger partial charge in [0.25, 0.3) is 11.8 Å². The van der Waals surface area contributed by atoms with Crippen LogP contribution in [-0.2, 0) is 9.59 Å². The molecule has 1 atom stereocenters. The Morgan fingerprint density at radius 2 is 1.90 bits per heavy atom. The number of benzene rings is 1. The molecule has 0 spiro atoms. The number of nitrogens with zero attached hydrogens (tertiary/aromatic N) is 3. The zero-order chi connectivity index (χ0) is 14.3. The van der Waals surface area contributed by atoms with Crippen molar-refractivity contribution in [2.75, 3.05) is 12.1 Å². The maximum atomic E-state index is 12.4. The number of fused-ring (bicyclic) bond motifs is 1. The highest BCUT2D eigenvalue weighted by atomic mass is 16.2. The van der Waals surface area contributed by atoms with Crippen LogP contribution in [0.2, 0.25) is 0 Å². The summed E-state index contributed by atoms with van der Waals surface area (Å²) in [4.78, 5) is 28.8. The topological polar surface area (TPSA) is 53.5 Å². The summed E-state index contributed by atoms with van der Waals surface area (Å²) in [7, 11) is 1.63. The number of carbonyl (C=O) groups is 2. The van der Waals surface area contributed by atoms with Crippen molar-refractivity contribution in [3.8, 4) is 0 Å². The predicted octanol–water partition coefficient (Wildman–Crippen LogP) is 1.98. The number of aromatic nitrogens is 1. The van der Waals surface area contributed by atoms with E-state index in [1.807, 2.05) is 31.2 Å². The van der Waals surface area contributed by atoms with Gasteiger partial charge in [0.05, 0.1) is 11.2 Å². The van der Waals surface area contributed by atoms with Crippen molar-refractivity contribution in [2.45, 2.75) is 13.3 Å². The molecule has 0 bridgehead atoms. The van der Waals surface area contributed by atoms with Crippen LogP contribution < -0.4 is 5.01 Å². The predicted molar refractivity (Wildman–Crippen MR) is 75.8 cm³/mol. The summed E-state index contributed by atoms with van der Waals surface area (Å²) in [5, 5.41) is 3.72. The van der Waals surface area contributed by atoms with Crippen molar-refractivity contribution in [3.63, 3.8) is 0 Å². The molecule has 0 aliphatic carbocycles. The number of carbonyl (C=O) groups excluding carboxylic acids is 2. The molecule has 0 saturated carbocycles. The minimum atomic E-state index is -0.577. The van der Waals surface area contributed by atoms with E-state index in [4.69, 9.17) is 0 Å². The van der Waals surface area contributed by atoms with E-state index in [2.05, 4.69) is 4.98 Å². The summed E-state index contributed by atoms with van der Waals surface area (Å²) < 4.78 is 0. The average molecular weight is 269 g/mol. The fraction of sp³-hybridized carbons (Fsp3) is 0.267. The Balaban J connectivity index is 2.16. The monoisotopic (exact) mass is 269 g/mol. The van der Waals surface area contributed by atoms with Gasteiger partial charge in [-0.05, 0) is 18.6 Å². The second-order valence-electron chi connectivity index (χ2n) is 4.82. The van der Waals surface area contributed by atoms with E-state index in [1.165, 1.54) is 10.0 Å². The van der Waals surface area contributed by atoms with Gasteiger partial charge in [-0.15, -0.1) is 0 Å². The first-order chi connectivity index (χ1) is 9.65. The van der Waals surface area contributed by atoms with Crippen LogP contribution in [0.3, 0.4) is 0 Å². The Morgan fingerprint density at radius 1 is 1.15 bits per heavy atom. The molecule has 20 heavy (non-hydrogen) atoms. The van der Waals surface area contributed by atoms with E-state index in [-0.39, 0.29) is 11.8 Å². The molecule has 0 radical (unpaired) electrons. The fourth-order valence-electron chi connectivity index (χ4n) is 2.62. The highest BCUT2D eigenvalue weighted by Gasteiger charge is 2.43. The molecular weight excluding hydrogens is 254 g/mol. The van der Waals surface area contributed by atoms with Crippen LogP contribution in [-0.4, -0.2) is 28.9 Å². The quantitative estimate of drug-likeness (QED) is 0.783. The summed E-state index contributed by atoms with van der Waals surface area (Å²) in [6.45, 7) is 1.85. The highest BCUT2D eigenvalue weighted by molar-refractivity contribution is 6.16. The van der Waals surface area contributed by atoms with Gasteiger partial charge >= 0.3 is 0 Å². The molecular formula is C15H15N3O2. The number of hydrogen-bond donors (Lipinski definition) is 0. The number of amides is 2. The molecule has 3 rings (SSSR count). The minimum Gasteiger partial charge on any atom is -0.272 e. The third-order valence-corrected chi connectivity index (χ3v) is 3.69. The average Bonchev–Trinajstić information content (AvgIpc) is 2.68. The molecule has 102 valence electrons. The summed E-state index contributed by atoms with van der Waals surface area (Å²) in [5.74, 6) is -0.901. The third kappa shape index (κ3) is 1.66. The number of rotatable bonds is 2. The first kappa shape index (κ1) is 12.6. The summed E-state index contributed by atoms with van der Waals surface area (Å²) >= 11 is 0. The highest BCUT2D eigenvalue weighted by Crippen LogP contribution is 2.32. The van der Waals surface area contributed by atoms with E-state index >= 15 is 0 Å². The molecule has 1 aliphatic rings. The van der Waals surface area contributed by atoms with Gasteiger partial charge in [0, 0.05) is 18.6 Å². The maximum Gasteiger partial charge on any atom is 0.258 e. The van der Waals surface area contributed by atoms with Gasteiger partial charge in [-0.25, -0.2) is 10.0 Å². The maximum absolute atomic E-state index is 12.4. The first-order valence-electron chi connectivity index (χ1n) is 6.60. The number of hydrogen-bond acceptors (Lipinski definition) is 3. The van der Waals surface area contributed by atoms with Crippen molar-refractivity contribution < 1.29 is 9.59 Å². The number of anilines is 1. The molecule has 2 aromatic rings. The SMILES string of the molecule is CCC1C(=O)N(C)N(c2ccnc3ccccc23)C1=O. The molecule has 1 saturated heterocycles. The first-order valence-corrected chi connectivity index (χ1v) is 6.60.